The van der Waals surface area contributed by atoms with Gasteiger partial charge in [0.1, 0.15) is 23.9 Å². The third kappa shape index (κ3) is 6.49. The molecule has 7 heteroatoms. The van der Waals surface area contributed by atoms with E-state index in [-0.39, 0.29) is 17.4 Å². The molecule has 0 spiro atoms. The predicted octanol–water partition coefficient (Wildman–Crippen LogP) is 5.34. The van der Waals surface area contributed by atoms with E-state index in [9.17, 15) is 14.7 Å². The molecule has 0 saturated carbocycles. The van der Waals surface area contributed by atoms with E-state index >= 15 is 0 Å². The predicted molar refractivity (Wildman–Crippen MR) is 152 cm³/mol. The molecule has 0 radical (unpaired) electrons. The smallest absolute Gasteiger partial charge is 0.295 e. The Morgan fingerprint density at radius 2 is 1.64 bits per heavy atom. The van der Waals surface area contributed by atoms with Gasteiger partial charge in [0.2, 0.25) is 0 Å². The lowest BCUT2D eigenvalue weighted by Gasteiger charge is -2.27. The second kappa shape index (κ2) is 12.2. The molecule has 39 heavy (non-hydrogen) atoms. The highest BCUT2D eigenvalue weighted by atomic mass is 16.5. The molecule has 1 atom stereocenters. The Labute approximate surface area is 230 Å². The summed E-state index contributed by atoms with van der Waals surface area (Å²) in [7, 11) is 3.82. The number of carbonyl (C=O) groups is 2. The molecule has 1 N–H and O–H groups in total. The molecule has 1 aliphatic rings. The molecule has 3 aromatic rings. The van der Waals surface area contributed by atoms with Crippen molar-refractivity contribution in [3.63, 3.8) is 0 Å². The van der Waals surface area contributed by atoms with Crippen molar-refractivity contribution >= 4 is 17.4 Å². The minimum atomic E-state index is -0.723. The molecular weight excluding hydrogens is 492 g/mol. The van der Waals surface area contributed by atoms with Crippen molar-refractivity contribution in [1.29, 1.82) is 0 Å². The number of likely N-dealkylation sites (N-methyl/N-ethyl adjacent to an activating group) is 1. The number of benzene rings is 3. The molecule has 0 bridgehead atoms. The first-order chi connectivity index (χ1) is 18.7. The molecule has 1 unspecified atom stereocenters. The van der Waals surface area contributed by atoms with Crippen LogP contribution in [0.4, 0.5) is 0 Å². The Bertz CT molecular complexity index is 1350. The quantitative estimate of drug-likeness (QED) is 0.217. The van der Waals surface area contributed by atoms with Crippen LogP contribution in [0.1, 0.15) is 42.1 Å². The summed E-state index contributed by atoms with van der Waals surface area (Å²) in [6.45, 7) is 7.07. The van der Waals surface area contributed by atoms with Crippen LogP contribution in [0.15, 0.2) is 78.4 Å². The zero-order chi connectivity index (χ0) is 28.1. The van der Waals surface area contributed by atoms with Gasteiger partial charge in [-0.15, -0.1) is 0 Å². The first-order valence-electron chi connectivity index (χ1n) is 13.1. The largest absolute Gasteiger partial charge is 0.507 e. The number of carbonyl (C=O) groups excluding carboxylic acids is 2. The van der Waals surface area contributed by atoms with E-state index in [1.807, 2.05) is 100 Å². The van der Waals surface area contributed by atoms with Gasteiger partial charge in [0, 0.05) is 18.7 Å². The number of aryl methyl sites for hydroxylation is 1. The number of rotatable bonds is 10. The van der Waals surface area contributed by atoms with E-state index in [1.54, 1.807) is 17.0 Å². The standard InChI is InChI=1S/C32H36N2O5/c1-21(2)39-26-15-16-27(22(3)19-26)30(35)28-29(34(18-17-33(4)5)32(37)31(28)36)24-11-13-25(14-12-24)38-20-23-9-7-6-8-10-23/h6-16,19,21,29,35H,17-18,20H2,1-5H3. The van der Waals surface area contributed by atoms with Crippen LogP contribution < -0.4 is 9.47 Å². The number of amides is 1. The molecule has 204 valence electrons. The molecule has 4 rings (SSSR count). The number of hydrogen-bond acceptors (Lipinski definition) is 6. The van der Waals surface area contributed by atoms with E-state index < -0.39 is 17.7 Å². The Kier molecular flexibility index (Phi) is 8.72. The average Bonchev–Trinajstić information content (AvgIpc) is 3.16. The van der Waals surface area contributed by atoms with Crippen LogP contribution in [0.25, 0.3) is 5.76 Å². The summed E-state index contributed by atoms with van der Waals surface area (Å²) < 4.78 is 11.7. The third-order valence-electron chi connectivity index (χ3n) is 6.60. The molecule has 1 aliphatic heterocycles. The van der Waals surface area contributed by atoms with Gasteiger partial charge in [0.25, 0.3) is 11.7 Å². The molecule has 0 aromatic heterocycles. The van der Waals surface area contributed by atoms with Crippen LogP contribution in [0, 0.1) is 6.92 Å². The average molecular weight is 529 g/mol. The van der Waals surface area contributed by atoms with Gasteiger partial charge >= 0.3 is 0 Å². The number of likely N-dealkylation sites (tertiary alicyclic amines) is 1. The minimum absolute atomic E-state index is 0.00510. The number of ether oxygens (including phenoxy) is 2. The molecular formula is C32H36N2O5. The molecule has 1 fully saturated rings. The van der Waals surface area contributed by atoms with Crippen LogP contribution in [0.5, 0.6) is 11.5 Å². The summed E-state index contributed by atoms with van der Waals surface area (Å²) in [4.78, 5) is 30.0. The van der Waals surface area contributed by atoms with Crippen molar-refractivity contribution in [2.45, 2.75) is 39.5 Å². The van der Waals surface area contributed by atoms with Crippen molar-refractivity contribution in [2.24, 2.45) is 0 Å². The van der Waals surface area contributed by atoms with Gasteiger partial charge in [0.05, 0.1) is 17.7 Å². The maximum Gasteiger partial charge on any atom is 0.295 e. The van der Waals surface area contributed by atoms with Crippen molar-refractivity contribution in [3.8, 4) is 11.5 Å². The minimum Gasteiger partial charge on any atom is -0.507 e. The van der Waals surface area contributed by atoms with E-state index in [0.717, 1.165) is 16.7 Å². The lowest BCUT2D eigenvalue weighted by Crippen LogP contribution is -2.35. The molecule has 1 saturated heterocycles. The van der Waals surface area contributed by atoms with Gasteiger partial charge in [-0.25, -0.2) is 0 Å². The van der Waals surface area contributed by atoms with Gasteiger partial charge < -0.3 is 24.4 Å². The van der Waals surface area contributed by atoms with E-state index in [0.29, 0.717) is 36.8 Å². The van der Waals surface area contributed by atoms with Crippen LogP contribution >= 0.6 is 0 Å². The highest BCUT2D eigenvalue weighted by molar-refractivity contribution is 6.46. The Balaban J connectivity index is 1.70. The first kappa shape index (κ1) is 27.9. The SMILES string of the molecule is Cc1cc(OC(C)C)ccc1C(O)=C1C(=O)C(=O)N(CCN(C)C)C1c1ccc(OCc2ccccc2)cc1. The maximum absolute atomic E-state index is 13.3. The maximum atomic E-state index is 13.3. The Hall–Kier alpha value is -4.10. The summed E-state index contributed by atoms with van der Waals surface area (Å²) in [6, 6.07) is 21.8. The zero-order valence-corrected chi connectivity index (χ0v) is 23.2. The van der Waals surface area contributed by atoms with Crippen molar-refractivity contribution in [1.82, 2.24) is 9.80 Å². The second-order valence-electron chi connectivity index (χ2n) is 10.3. The van der Waals surface area contributed by atoms with E-state index in [4.69, 9.17) is 9.47 Å². The van der Waals surface area contributed by atoms with Gasteiger partial charge in [-0.05, 0) is 81.9 Å². The van der Waals surface area contributed by atoms with Crippen molar-refractivity contribution in [2.75, 3.05) is 27.2 Å². The van der Waals surface area contributed by atoms with Crippen LogP contribution in [-0.4, -0.2) is 59.9 Å². The fourth-order valence-electron chi connectivity index (χ4n) is 4.64. The first-order valence-corrected chi connectivity index (χ1v) is 13.1. The molecule has 1 amide bonds. The van der Waals surface area contributed by atoms with Crippen molar-refractivity contribution in [3.05, 3.63) is 101 Å². The fourth-order valence-corrected chi connectivity index (χ4v) is 4.64. The lowest BCUT2D eigenvalue weighted by molar-refractivity contribution is -0.140. The van der Waals surface area contributed by atoms with E-state index in [1.165, 1.54) is 0 Å². The Morgan fingerprint density at radius 1 is 0.974 bits per heavy atom. The Morgan fingerprint density at radius 3 is 2.26 bits per heavy atom. The van der Waals surface area contributed by atoms with Gasteiger partial charge in [-0.3, -0.25) is 9.59 Å². The lowest BCUT2D eigenvalue weighted by atomic mass is 9.94. The number of aliphatic hydroxyl groups excluding tert-OH is 1. The highest BCUT2D eigenvalue weighted by Gasteiger charge is 2.46. The number of hydrogen-bond donors (Lipinski definition) is 1. The summed E-state index contributed by atoms with van der Waals surface area (Å²) in [5.41, 5.74) is 3.09. The number of ketones is 1. The van der Waals surface area contributed by atoms with Gasteiger partial charge in [0.15, 0.2) is 0 Å². The van der Waals surface area contributed by atoms with Gasteiger partial charge in [-0.1, -0.05) is 42.5 Å². The monoisotopic (exact) mass is 528 g/mol. The topological polar surface area (TPSA) is 79.3 Å². The van der Waals surface area contributed by atoms with E-state index in [2.05, 4.69) is 0 Å². The molecule has 0 aliphatic carbocycles. The molecule has 3 aromatic carbocycles. The molecule has 1 heterocycles. The highest BCUT2D eigenvalue weighted by Crippen LogP contribution is 2.40. The summed E-state index contributed by atoms with van der Waals surface area (Å²) in [5.74, 6) is -0.158. The van der Waals surface area contributed by atoms with Crippen LogP contribution in [0.2, 0.25) is 0 Å². The van der Waals surface area contributed by atoms with Gasteiger partial charge in [-0.2, -0.15) is 0 Å². The summed E-state index contributed by atoms with van der Waals surface area (Å²) in [5, 5.41) is 11.5. The number of aliphatic hydroxyl groups is 1. The van der Waals surface area contributed by atoms with Crippen LogP contribution in [-0.2, 0) is 16.2 Å². The molecule has 7 nitrogen and oxygen atoms in total. The fraction of sp³-hybridized carbons (Fsp3) is 0.312. The normalized spacial score (nSPS) is 16.8. The van der Waals surface area contributed by atoms with Crippen LogP contribution in [0.3, 0.4) is 0 Å². The zero-order valence-electron chi connectivity index (χ0n) is 23.2. The number of Topliss-reactive ketones (excluding diaryl/α,β-unsaturated/α-hetero) is 1. The third-order valence-corrected chi connectivity index (χ3v) is 6.60. The summed E-state index contributed by atoms with van der Waals surface area (Å²) >= 11 is 0. The number of nitrogens with zero attached hydrogens (tertiary/aromatic N) is 2. The summed E-state index contributed by atoms with van der Waals surface area (Å²) in [6.07, 6.45) is 0.00510. The second-order valence-corrected chi connectivity index (χ2v) is 10.3. The van der Waals surface area contributed by atoms with Crippen molar-refractivity contribution < 1.29 is 24.2 Å².